The predicted octanol–water partition coefficient (Wildman–Crippen LogP) is 3.85. The van der Waals surface area contributed by atoms with Crippen LogP contribution in [0.25, 0.3) is 6.08 Å². The number of Topliss-reactive ketones (excluding diaryl/α,β-unsaturated/α-hetero) is 1. The molecule has 0 unspecified atom stereocenters. The number of ketones is 1. The number of ether oxygens (including phenoxy) is 1. The highest BCUT2D eigenvalue weighted by atomic mass is 16.7. The van der Waals surface area contributed by atoms with Gasteiger partial charge in [0.1, 0.15) is 12.4 Å². The zero-order chi connectivity index (χ0) is 18.7. The van der Waals surface area contributed by atoms with Crippen molar-refractivity contribution in [1.29, 1.82) is 0 Å². The summed E-state index contributed by atoms with van der Waals surface area (Å²) in [5, 5.41) is 0. The minimum Gasteiger partial charge on any atom is -0.497 e. The van der Waals surface area contributed by atoms with Crippen molar-refractivity contribution in [3.63, 3.8) is 0 Å². The lowest BCUT2D eigenvalue weighted by atomic mass is 10.0. The number of aliphatic imine (C=N–C) groups is 1. The first kappa shape index (κ1) is 17.7. The second-order valence-electron chi connectivity index (χ2n) is 6.16. The molecule has 2 heterocycles. The largest absolute Gasteiger partial charge is 0.497 e. The van der Waals surface area contributed by atoms with Crippen LogP contribution in [-0.2, 0) is 11.4 Å². The number of allylic oxidation sites excluding steroid dienone is 2. The lowest BCUT2D eigenvalue weighted by molar-refractivity contribution is -0.113. The third-order valence-electron chi connectivity index (χ3n) is 4.32. The van der Waals surface area contributed by atoms with Gasteiger partial charge in [-0.1, -0.05) is 12.1 Å². The third-order valence-corrected chi connectivity index (χ3v) is 4.32. The first-order valence-electron chi connectivity index (χ1n) is 8.42. The molecule has 1 aromatic carbocycles. The van der Waals surface area contributed by atoms with E-state index in [1.807, 2.05) is 62.5 Å². The number of hydrogen-bond acceptors (Lipinski definition) is 4. The highest BCUT2D eigenvalue weighted by Crippen LogP contribution is 2.27. The minimum atomic E-state index is 0.0401. The van der Waals surface area contributed by atoms with Gasteiger partial charge in [-0.3, -0.25) is 9.79 Å². The SMILES string of the molecule is COc1ccc(COn2cccc2/C=C2/N=C(C)C(C(C)=O)=C2C)cc1. The molecule has 134 valence electrons. The van der Waals surface area contributed by atoms with Gasteiger partial charge in [-0.15, -0.1) is 0 Å². The molecule has 0 fully saturated rings. The molecule has 0 saturated carbocycles. The van der Waals surface area contributed by atoms with Gasteiger partial charge >= 0.3 is 0 Å². The van der Waals surface area contributed by atoms with Crippen LogP contribution >= 0.6 is 0 Å². The van der Waals surface area contributed by atoms with E-state index in [1.54, 1.807) is 18.8 Å². The Balaban J connectivity index is 1.78. The van der Waals surface area contributed by atoms with Crippen LogP contribution in [0.2, 0.25) is 0 Å². The Morgan fingerprint density at radius 1 is 1.19 bits per heavy atom. The summed E-state index contributed by atoms with van der Waals surface area (Å²) in [4.78, 5) is 22.2. The summed E-state index contributed by atoms with van der Waals surface area (Å²) >= 11 is 0. The molecule has 0 aliphatic carbocycles. The van der Waals surface area contributed by atoms with Crippen LogP contribution < -0.4 is 9.57 Å². The highest BCUT2D eigenvalue weighted by Gasteiger charge is 2.21. The van der Waals surface area contributed by atoms with Crippen molar-refractivity contribution < 1.29 is 14.4 Å². The monoisotopic (exact) mass is 350 g/mol. The van der Waals surface area contributed by atoms with Gasteiger partial charge < -0.3 is 9.57 Å². The van der Waals surface area contributed by atoms with Gasteiger partial charge in [0.2, 0.25) is 0 Å². The molecular weight excluding hydrogens is 328 g/mol. The van der Waals surface area contributed by atoms with E-state index in [2.05, 4.69) is 4.99 Å². The molecular formula is C21H22N2O3. The number of benzene rings is 1. The Kier molecular flexibility index (Phi) is 5.07. The van der Waals surface area contributed by atoms with Crippen molar-refractivity contribution in [2.45, 2.75) is 27.4 Å². The number of rotatable bonds is 6. The van der Waals surface area contributed by atoms with E-state index in [1.165, 1.54) is 0 Å². The minimum absolute atomic E-state index is 0.0401. The molecule has 3 rings (SSSR count). The van der Waals surface area contributed by atoms with Crippen LogP contribution in [-0.4, -0.2) is 23.3 Å². The van der Waals surface area contributed by atoms with Crippen molar-refractivity contribution in [2.75, 3.05) is 7.11 Å². The maximum Gasteiger partial charge on any atom is 0.161 e. The fourth-order valence-electron chi connectivity index (χ4n) is 2.99. The average Bonchev–Trinajstić information content (AvgIpc) is 3.17. The summed E-state index contributed by atoms with van der Waals surface area (Å²) in [6, 6.07) is 11.6. The maximum absolute atomic E-state index is 11.8. The fourth-order valence-corrected chi connectivity index (χ4v) is 2.99. The van der Waals surface area contributed by atoms with Crippen molar-refractivity contribution in [3.05, 3.63) is 70.7 Å². The van der Waals surface area contributed by atoms with Gasteiger partial charge in [0.25, 0.3) is 0 Å². The Hall–Kier alpha value is -3.08. The van der Waals surface area contributed by atoms with E-state index >= 15 is 0 Å². The fraction of sp³-hybridized carbons (Fsp3) is 0.238. The first-order valence-corrected chi connectivity index (χ1v) is 8.42. The van der Waals surface area contributed by atoms with Gasteiger partial charge in [0.15, 0.2) is 5.78 Å². The van der Waals surface area contributed by atoms with Gasteiger partial charge in [-0.05, 0) is 62.2 Å². The molecule has 5 nitrogen and oxygen atoms in total. The third kappa shape index (κ3) is 3.61. The van der Waals surface area contributed by atoms with Crippen molar-refractivity contribution >= 4 is 17.6 Å². The number of carbonyl (C=O) groups excluding carboxylic acids is 1. The van der Waals surface area contributed by atoms with E-state index in [9.17, 15) is 4.79 Å². The predicted molar refractivity (Wildman–Crippen MR) is 102 cm³/mol. The summed E-state index contributed by atoms with van der Waals surface area (Å²) < 4.78 is 6.87. The number of hydrogen-bond donors (Lipinski definition) is 0. The zero-order valence-electron chi connectivity index (χ0n) is 15.4. The topological polar surface area (TPSA) is 52.8 Å². The van der Waals surface area contributed by atoms with Crippen LogP contribution in [0.5, 0.6) is 5.75 Å². The summed E-state index contributed by atoms with van der Waals surface area (Å²) in [6.45, 7) is 5.79. The second kappa shape index (κ2) is 7.44. The Morgan fingerprint density at radius 3 is 2.54 bits per heavy atom. The van der Waals surface area contributed by atoms with Crippen LogP contribution in [0, 0.1) is 0 Å². The average molecular weight is 350 g/mol. The molecule has 1 aliphatic rings. The summed E-state index contributed by atoms with van der Waals surface area (Å²) in [6.07, 6.45) is 3.79. The molecule has 26 heavy (non-hydrogen) atoms. The lowest BCUT2D eigenvalue weighted by Gasteiger charge is -2.10. The Labute approximate surface area is 153 Å². The number of nitrogens with zero attached hydrogens (tertiary/aromatic N) is 2. The standard InChI is InChI=1S/C21H22N2O3/c1-14-20(22-15(2)21(14)16(3)24)12-18-6-5-11-23(18)26-13-17-7-9-19(25-4)10-8-17/h5-12H,13H2,1-4H3/b20-12+. The van der Waals surface area contributed by atoms with Gasteiger partial charge in [-0.2, -0.15) is 4.73 Å². The zero-order valence-corrected chi connectivity index (χ0v) is 15.4. The molecule has 0 saturated heterocycles. The normalized spacial score (nSPS) is 15.4. The first-order chi connectivity index (χ1) is 12.5. The lowest BCUT2D eigenvalue weighted by Crippen LogP contribution is -2.11. The maximum atomic E-state index is 11.8. The van der Waals surface area contributed by atoms with E-state index in [0.717, 1.165) is 34.0 Å². The summed E-state index contributed by atoms with van der Waals surface area (Å²) in [5.74, 6) is 0.858. The molecule has 0 amide bonds. The van der Waals surface area contributed by atoms with E-state index in [-0.39, 0.29) is 5.78 Å². The van der Waals surface area contributed by atoms with Crippen LogP contribution in [0.15, 0.2) is 64.4 Å². The van der Waals surface area contributed by atoms with Gasteiger partial charge in [-0.25, -0.2) is 0 Å². The summed E-state index contributed by atoms with van der Waals surface area (Å²) in [7, 11) is 1.65. The number of methoxy groups -OCH3 is 1. The molecule has 0 atom stereocenters. The van der Waals surface area contributed by atoms with Gasteiger partial charge in [0.05, 0.1) is 18.5 Å². The quantitative estimate of drug-likeness (QED) is 0.795. The van der Waals surface area contributed by atoms with Gasteiger partial charge in [0, 0.05) is 17.5 Å². The molecule has 0 N–H and O–H groups in total. The van der Waals surface area contributed by atoms with E-state index in [4.69, 9.17) is 9.57 Å². The van der Waals surface area contributed by atoms with Crippen molar-refractivity contribution in [3.8, 4) is 5.75 Å². The molecule has 0 radical (unpaired) electrons. The molecule has 2 aromatic rings. The van der Waals surface area contributed by atoms with Crippen LogP contribution in [0.3, 0.4) is 0 Å². The van der Waals surface area contributed by atoms with Crippen LogP contribution in [0.4, 0.5) is 0 Å². The smallest absolute Gasteiger partial charge is 0.161 e. The molecule has 1 aliphatic heterocycles. The molecule has 5 heteroatoms. The molecule has 0 spiro atoms. The molecule has 0 bridgehead atoms. The van der Waals surface area contributed by atoms with Crippen LogP contribution in [0.1, 0.15) is 32.0 Å². The highest BCUT2D eigenvalue weighted by molar-refractivity contribution is 6.24. The van der Waals surface area contributed by atoms with E-state index in [0.29, 0.717) is 12.2 Å². The Bertz CT molecular complexity index is 915. The van der Waals surface area contributed by atoms with Crippen molar-refractivity contribution in [1.82, 2.24) is 4.73 Å². The van der Waals surface area contributed by atoms with Crippen molar-refractivity contribution in [2.24, 2.45) is 4.99 Å². The number of aromatic nitrogens is 1. The Morgan fingerprint density at radius 2 is 1.92 bits per heavy atom. The van der Waals surface area contributed by atoms with E-state index < -0.39 is 0 Å². The number of carbonyl (C=O) groups is 1. The molecule has 1 aromatic heterocycles. The summed E-state index contributed by atoms with van der Waals surface area (Å²) in [5.41, 5.74) is 5.07. The second-order valence-corrected chi connectivity index (χ2v) is 6.16.